The highest BCUT2D eigenvalue weighted by atomic mass is 16.7. The Bertz CT molecular complexity index is 675. The van der Waals surface area contributed by atoms with E-state index in [1.165, 1.54) is 6.08 Å². The van der Waals surface area contributed by atoms with E-state index in [4.69, 9.17) is 54.0 Å². The molecule has 0 aromatic carbocycles. The van der Waals surface area contributed by atoms with Crippen molar-refractivity contribution in [3.05, 3.63) is 11.8 Å². The van der Waals surface area contributed by atoms with E-state index in [1.54, 1.807) is 13.8 Å². The second kappa shape index (κ2) is 18.0. The summed E-state index contributed by atoms with van der Waals surface area (Å²) in [6, 6.07) is -1.15. The van der Waals surface area contributed by atoms with Gasteiger partial charge in [-0.3, -0.25) is 5.41 Å². The Morgan fingerprint density at radius 3 is 2.46 bits per heavy atom. The van der Waals surface area contributed by atoms with Gasteiger partial charge in [-0.05, 0) is 31.8 Å². The molecule has 218 valence electrons. The molecule has 1 saturated heterocycles. The summed E-state index contributed by atoms with van der Waals surface area (Å²) >= 11 is 0. The lowest BCUT2D eigenvalue weighted by Gasteiger charge is -2.37. The zero-order valence-corrected chi connectivity index (χ0v) is 22.2. The normalized spacial score (nSPS) is 26.0. The summed E-state index contributed by atoms with van der Waals surface area (Å²) in [5.74, 6) is 0.115. The lowest BCUT2D eigenvalue weighted by atomic mass is 9.99. The standard InChI is InChI=1S/C23H51N9O5/c1-13(8-25)22(30)32-18(10-27)21(37-19(33)7-16(28)9-26)20(34)14(2)36-23-17(29)4-3-15(12-35-23)11-31-6-5-24/h7,13-15,17-21,23,31,33-34H,3-6,8-12,24-29H2,1-2H3,(H2,30,32)/b16-7+. The molecular weight excluding hydrogens is 482 g/mol. The summed E-state index contributed by atoms with van der Waals surface area (Å²) < 4.78 is 17.7. The molecule has 1 aliphatic rings. The number of nitrogens with two attached hydrogens (primary N) is 6. The Labute approximate surface area is 220 Å². The summed E-state index contributed by atoms with van der Waals surface area (Å²) in [4.78, 5) is 0. The molecule has 0 aromatic heterocycles. The number of aliphatic hydroxyl groups excluding tert-OH is 2. The number of aliphatic hydroxyl groups is 2. The van der Waals surface area contributed by atoms with Crippen LogP contribution in [0, 0.1) is 17.2 Å². The second-order valence-electron chi connectivity index (χ2n) is 9.61. The summed E-state index contributed by atoms with van der Waals surface area (Å²) in [5.41, 5.74) is 34.9. The predicted molar refractivity (Wildman–Crippen MR) is 143 cm³/mol. The molecule has 0 saturated carbocycles. The first-order chi connectivity index (χ1) is 17.6. The maximum atomic E-state index is 11.3. The van der Waals surface area contributed by atoms with Crippen molar-refractivity contribution >= 4 is 5.84 Å². The second-order valence-corrected chi connectivity index (χ2v) is 9.61. The van der Waals surface area contributed by atoms with Gasteiger partial charge in [0.05, 0.1) is 30.6 Å². The molecule has 17 N–H and O–H groups in total. The van der Waals surface area contributed by atoms with E-state index >= 15 is 0 Å². The van der Waals surface area contributed by atoms with E-state index < -0.39 is 43.0 Å². The Kier molecular flexibility index (Phi) is 16.3. The topological polar surface area (TPSA) is 272 Å². The SMILES string of the molecule is CC(CN)C(=N)NC(CN)C(OC(O)/C=C(/N)CN)C(O)C(C)OC1OCC(CNCCN)CCC1N. The highest BCUT2D eigenvalue weighted by molar-refractivity contribution is 5.81. The maximum absolute atomic E-state index is 11.3. The molecule has 0 amide bonds. The first-order valence-corrected chi connectivity index (χ1v) is 12.9. The zero-order chi connectivity index (χ0) is 28.0. The van der Waals surface area contributed by atoms with Gasteiger partial charge in [0.25, 0.3) is 0 Å². The van der Waals surface area contributed by atoms with Gasteiger partial charge in [-0.2, -0.15) is 0 Å². The molecule has 1 rings (SSSR count). The summed E-state index contributed by atoms with van der Waals surface area (Å²) in [5, 5.41) is 36.2. The molecule has 1 fully saturated rings. The van der Waals surface area contributed by atoms with Crippen molar-refractivity contribution in [1.29, 1.82) is 5.41 Å². The maximum Gasteiger partial charge on any atom is 0.176 e. The molecule has 1 aliphatic heterocycles. The Morgan fingerprint density at radius 2 is 1.86 bits per heavy atom. The predicted octanol–water partition coefficient (Wildman–Crippen LogP) is -3.63. The Hall–Kier alpha value is -1.43. The van der Waals surface area contributed by atoms with Crippen molar-refractivity contribution in [2.24, 2.45) is 46.2 Å². The minimum absolute atomic E-state index is 0.0179. The van der Waals surface area contributed by atoms with Crippen LogP contribution in [0.25, 0.3) is 0 Å². The lowest BCUT2D eigenvalue weighted by Crippen LogP contribution is -2.58. The average Bonchev–Trinajstić information content (AvgIpc) is 3.05. The smallest absolute Gasteiger partial charge is 0.176 e. The van der Waals surface area contributed by atoms with Gasteiger partial charge >= 0.3 is 0 Å². The number of hydrogen-bond donors (Lipinski definition) is 11. The molecular formula is C23H51N9O5. The van der Waals surface area contributed by atoms with Crippen LogP contribution in [-0.2, 0) is 14.2 Å². The highest BCUT2D eigenvalue weighted by Crippen LogP contribution is 2.22. The molecule has 14 heteroatoms. The van der Waals surface area contributed by atoms with Gasteiger partial charge in [0.15, 0.2) is 12.6 Å². The Balaban J connectivity index is 2.98. The van der Waals surface area contributed by atoms with Crippen LogP contribution in [0.5, 0.6) is 0 Å². The van der Waals surface area contributed by atoms with Crippen molar-refractivity contribution in [2.75, 3.05) is 45.9 Å². The van der Waals surface area contributed by atoms with Crippen molar-refractivity contribution in [3.8, 4) is 0 Å². The van der Waals surface area contributed by atoms with E-state index in [0.29, 0.717) is 19.6 Å². The van der Waals surface area contributed by atoms with E-state index in [9.17, 15) is 10.2 Å². The van der Waals surface area contributed by atoms with Crippen LogP contribution in [0.2, 0.25) is 0 Å². The van der Waals surface area contributed by atoms with E-state index in [2.05, 4.69) is 10.6 Å². The number of rotatable bonds is 17. The molecule has 0 aliphatic carbocycles. The number of ether oxygens (including phenoxy) is 3. The largest absolute Gasteiger partial charge is 0.401 e. The third kappa shape index (κ3) is 11.9. The fourth-order valence-corrected chi connectivity index (χ4v) is 3.87. The molecule has 0 aromatic rings. The van der Waals surface area contributed by atoms with E-state index in [0.717, 1.165) is 19.5 Å². The zero-order valence-electron chi connectivity index (χ0n) is 22.2. The quantitative estimate of drug-likeness (QED) is 0.0373. The van der Waals surface area contributed by atoms with Gasteiger partial charge in [0, 0.05) is 50.9 Å². The van der Waals surface area contributed by atoms with Crippen molar-refractivity contribution < 1.29 is 24.4 Å². The minimum Gasteiger partial charge on any atom is -0.401 e. The Morgan fingerprint density at radius 1 is 1.16 bits per heavy atom. The molecule has 0 radical (unpaired) electrons. The summed E-state index contributed by atoms with van der Waals surface area (Å²) in [6.07, 6.45) is -2.66. The van der Waals surface area contributed by atoms with Crippen molar-refractivity contribution in [1.82, 2.24) is 10.6 Å². The van der Waals surface area contributed by atoms with Crippen LogP contribution in [0.15, 0.2) is 11.8 Å². The van der Waals surface area contributed by atoms with Gasteiger partial charge in [-0.25, -0.2) is 0 Å². The number of nitrogens with one attached hydrogen (secondary N) is 3. The van der Waals surface area contributed by atoms with E-state index in [-0.39, 0.29) is 43.0 Å². The van der Waals surface area contributed by atoms with Crippen LogP contribution in [-0.4, -0.2) is 105 Å². The van der Waals surface area contributed by atoms with Crippen LogP contribution < -0.4 is 45.0 Å². The molecule has 9 unspecified atom stereocenters. The molecule has 1 heterocycles. The molecule has 37 heavy (non-hydrogen) atoms. The first-order valence-electron chi connectivity index (χ1n) is 12.9. The lowest BCUT2D eigenvalue weighted by molar-refractivity contribution is -0.223. The van der Waals surface area contributed by atoms with E-state index in [1.807, 2.05) is 0 Å². The monoisotopic (exact) mass is 533 g/mol. The number of amidine groups is 1. The van der Waals surface area contributed by atoms with Crippen molar-refractivity contribution in [3.63, 3.8) is 0 Å². The minimum atomic E-state index is -1.48. The number of hydrogen-bond acceptors (Lipinski definition) is 13. The third-order valence-corrected chi connectivity index (χ3v) is 6.40. The highest BCUT2D eigenvalue weighted by Gasteiger charge is 2.37. The fraction of sp³-hybridized carbons (Fsp3) is 0.870. The van der Waals surface area contributed by atoms with Gasteiger partial charge in [0.1, 0.15) is 12.2 Å². The first kappa shape index (κ1) is 33.6. The molecule has 14 nitrogen and oxygen atoms in total. The van der Waals surface area contributed by atoms with Crippen molar-refractivity contribution in [2.45, 2.75) is 69.7 Å². The van der Waals surface area contributed by atoms with Gasteiger partial charge < -0.3 is 69.5 Å². The molecule has 0 bridgehead atoms. The summed E-state index contributed by atoms with van der Waals surface area (Å²) in [7, 11) is 0. The van der Waals surface area contributed by atoms with Gasteiger partial charge in [-0.15, -0.1) is 0 Å². The fourth-order valence-electron chi connectivity index (χ4n) is 3.87. The van der Waals surface area contributed by atoms with Crippen LogP contribution in [0.4, 0.5) is 0 Å². The molecule has 9 atom stereocenters. The van der Waals surface area contributed by atoms with Crippen LogP contribution in [0.3, 0.4) is 0 Å². The third-order valence-electron chi connectivity index (χ3n) is 6.40. The van der Waals surface area contributed by atoms with Crippen LogP contribution >= 0.6 is 0 Å². The van der Waals surface area contributed by atoms with Gasteiger partial charge in [-0.1, -0.05) is 6.92 Å². The van der Waals surface area contributed by atoms with Crippen LogP contribution in [0.1, 0.15) is 26.7 Å². The molecule has 0 spiro atoms. The summed E-state index contributed by atoms with van der Waals surface area (Å²) in [6.45, 7) is 6.17. The van der Waals surface area contributed by atoms with Gasteiger partial charge in [0.2, 0.25) is 0 Å². The average molecular weight is 534 g/mol.